The molecule has 29 heavy (non-hydrogen) atoms. The molecule has 1 aliphatic carbocycles. The number of hydrogen-bond donors (Lipinski definition) is 2. The van der Waals surface area contributed by atoms with Crippen molar-refractivity contribution in [2.24, 2.45) is 4.99 Å². The zero-order chi connectivity index (χ0) is 20.2. The van der Waals surface area contributed by atoms with Crippen molar-refractivity contribution >= 4 is 17.3 Å². The highest BCUT2D eigenvalue weighted by Crippen LogP contribution is 2.41. The molecule has 2 N–H and O–H groups in total. The third-order valence-corrected chi connectivity index (χ3v) is 6.78. The monoisotopic (exact) mass is 416 g/mol. The molecule has 3 unspecified atom stereocenters. The van der Waals surface area contributed by atoms with Crippen molar-refractivity contribution in [1.29, 1.82) is 0 Å². The van der Waals surface area contributed by atoms with E-state index in [4.69, 9.17) is 4.74 Å². The van der Waals surface area contributed by atoms with E-state index < -0.39 is 0 Å². The number of thiophene rings is 1. The van der Waals surface area contributed by atoms with Crippen molar-refractivity contribution in [3.8, 4) is 0 Å². The van der Waals surface area contributed by atoms with Crippen molar-refractivity contribution in [2.45, 2.75) is 31.3 Å². The normalized spacial score (nSPS) is 23.6. The maximum atomic E-state index is 14.0. The summed E-state index contributed by atoms with van der Waals surface area (Å²) < 4.78 is 19.6. The molecular formula is C22H29FN4OS. The van der Waals surface area contributed by atoms with Gasteiger partial charge in [0.1, 0.15) is 5.82 Å². The van der Waals surface area contributed by atoms with Crippen LogP contribution in [0.15, 0.2) is 41.4 Å². The summed E-state index contributed by atoms with van der Waals surface area (Å²) in [7, 11) is 1.79. The molecule has 3 atom stereocenters. The number of morpholine rings is 1. The minimum Gasteiger partial charge on any atom is -0.379 e. The Hall–Kier alpha value is -1.96. The molecule has 1 saturated carbocycles. The van der Waals surface area contributed by atoms with Gasteiger partial charge in [-0.25, -0.2) is 4.39 Å². The molecule has 0 amide bonds. The molecule has 2 aromatic rings. The quantitative estimate of drug-likeness (QED) is 0.560. The van der Waals surface area contributed by atoms with Crippen LogP contribution in [0.25, 0.3) is 0 Å². The number of hydrogen-bond acceptors (Lipinski definition) is 4. The average molecular weight is 417 g/mol. The van der Waals surface area contributed by atoms with Gasteiger partial charge < -0.3 is 15.4 Å². The van der Waals surface area contributed by atoms with Gasteiger partial charge in [0.2, 0.25) is 0 Å². The number of aliphatic imine (C=N–C) groups is 1. The highest BCUT2D eigenvalue weighted by Gasteiger charge is 2.40. The van der Waals surface area contributed by atoms with Gasteiger partial charge in [0.25, 0.3) is 0 Å². The van der Waals surface area contributed by atoms with Gasteiger partial charge in [0, 0.05) is 48.4 Å². The Morgan fingerprint density at radius 1 is 1.28 bits per heavy atom. The van der Waals surface area contributed by atoms with Crippen molar-refractivity contribution in [3.05, 3.63) is 57.5 Å². The molecule has 4 rings (SSSR count). The Kier molecular flexibility index (Phi) is 6.47. The second-order valence-electron chi connectivity index (χ2n) is 7.68. The fourth-order valence-corrected chi connectivity index (χ4v) is 4.98. The minimum atomic E-state index is -0.120. The van der Waals surface area contributed by atoms with Crippen LogP contribution >= 0.6 is 11.3 Å². The van der Waals surface area contributed by atoms with E-state index in [1.807, 2.05) is 23.5 Å². The van der Waals surface area contributed by atoms with Gasteiger partial charge in [-0.3, -0.25) is 9.89 Å². The summed E-state index contributed by atoms with van der Waals surface area (Å²) in [6.45, 7) is 6.35. The Morgan fingerprint density at radius 2 is 2.07 bits per heavy atom. The second kappa shape index (κ2) is 9.24. The predicted molar refractivity (Wildman–Crippen MR) is 116 cm³/mol. The van der Waals surface area contributed by atoms with Crippen molar-refractivity contribution in [3.63, 3.8) is 0 Å². The summed E-state index contributed by atoms with van der Waals surface area (Å²) in [6.07, 6.45) is 0.929. The first-order chi connectivity index (χ1) is 14.2. The van der Waals surface area contributed by atoms with Crippen LogP contribution in [0.5, 0.6) is 0 Å². The lowest BCUT2D eigenvalue weighted by molar-refractivity contribution is 0.0177. The van der Waals surface area contributed by atoms with Crippen LogP contribution in [-0.2, 0) is 4.74 Å². The van der Waals surface area contributed by atoms with E-state index >= 15 is 0 Å². The number of halogens is 1. The van der Waals surface area contributed by atoms with E-state index in [9.17, 15) is 4.39 Å². The first-order valence-electron chi connectivity index (χ1n) is 10.3. The van der Waals surface area contributed by atoms with Crippen LogP contribution in [0.3, 0.4) is 0 Å². The number of aryl methyl sites for hydroxylation is 1. The molecule has 2 aliphatic rings. The topological polar surface area (TPSA) is 48.9 Å². The third-order valence-electron chi connectivity index (χ3n) is 5.68. The fraction of sp³-hybridized carbons (Fsp3) is 0.500. The zero-order valence-corrected chi connectivity index (χ0v) is 17.8. The fourth-order valence-electron chi connectivity index (χ4n) is 3.97. The number of nitrogens with one attached hydrogen (secondary N) is 2. The smallest absolute Gasteiger partial charge is 0.191 e. The van der Waals surface area contributed by atoms with E-state index in [-0.39, 0.29) is 23.8 Å². The van der Waals surface area contributed by atoms with E-state index in [0.29, 0.717) is 0 Å². The Balaban J connectivity index is 1.37. The predicted octanol–water partition coefficient (Wildman–Crippen LogP) is 3.29. The summed E-state index contributed by atoms with van der Waals surface area (Å²) in [5.41, 5.74) is 0.792. The molecule has 0 bridgehead atoms. The molecule has 2 heterocycles. The minimum absolute atomic E-state index is 0.120. The number of nitrogens with zero attached hydrogens (tertiary/aromatic N) is 2. The molecule has 1 aromatic heterocycles. The summed E-state index contributed by atoms with van der Waals surface area (Å²) in [5, 5.41) is 6.97. The standard InChI is InChI=1S/C22H29FN4OS/c1-15-7-8-21(29-15)20(27-9-11-28-12-10-27)14-25-22(24-2)26-19-13-17(19)16-5-3-4-6-18(16)23/h3-8,17,19-20H,9-14H2,1-2H3,(H2,24,25,26). The molecule has 1 aliphatic heterocycles. The number of guanidine groups is 1. The summed E-state index contributed by atoms with van der Waals surface area (Å²) in [4.78, 5) is 9.57. The first-order valence-corrected chi connectivity index (χ1v) is 11.1. The molecule has 2 fully saturated rings. The molecule has 1 aromatic carbocycles. The van der Waals surface area contributed by atoms with Crippen LogP contribution in [0.2, 0.25) is 0 Å². The van der Waals surface area contributed by atoms with Gasteiger partial charge >= 0.3 is 0 Å². The molecule has 0 spiro atoms. The van der Waals surface area contributed by atoms with Crippen LogP contribution in [0.4, 0.5) is 4.39 Å². The average Bonchev–Trinajstić information content (AvgIpc) is 3.37. The Bertz CT molecular complexity index is 849. The van der Waals surface area contributed by atoms with Crippen molar-refractivity contribution in [2.75, 3.05) is 39.9 Å². The van der Waals surface area contributed by atoms with Gasteiger partial charge in [0.15, 0.2) is 5.96 Å². The second-order valence-corrected chi connectivity index (χ2v) is 9.00. The van der Waals surface area contributed by atoms with Crippen molar-refractivity contribution in [1.82, 2.24) is 15.5 Å². The molecule has 156 valence electrons. The number of ether oxygens (including phenoxy) is 1. The van der Waals surface area contributed by atoms with Gasteiger partial charge in [-0.05, 0) is 37.1 Å². The lowest BCUT2D eigenvalue weighted by atomic mass is 10.1. The Labute approximate surface area is 176 Å². The molecule has 1 saturated heterocycles. The SMILES string of the molecule is CN=C(NCC(c1ccc(C)s1)N1CCOCC1)NC1CC1c1ccccc1F. The van der Waals surface area contributed by atoms with Crippen LogP contribution in [-0.4, -0.2) is 56.8 Å². The van der Waals surface area contributed by atoms with E-state index in [0.717, 1.165) is 50.8 Å². The number of rotatable bonds is 6. The van der Waals surface area contributed by atoms with E-state index in [1.54, 1.807) is 13.1 Å². The molecule has 0 radical (unpaired) electrons. The first kappa shape index (κ1) is 20.3. The van der Waals surface area contributed by atoms with Crippen molar-refractivity contribution < 1.29 is 9.13 Å². The lowest BCUT2D eigenvalue weighted by Gasteiger charge is -2.34. The summed E-state index contributed by atoms with van der Waals surface area (Å²) >= 11 is 1.85. The molecule has 5 nitrogen and oxygen atoms in total. The summed E-state index contributed by atoms with van der Waals surface area (Å²) in [5.74, 6) is 0.871. The summed E-state index contributed by atoms with van der Waals surface area (Å²) in [6, 6.07) is 12.0. The third kappa shape index (κ3) is 4.97. The largest absolute Gasteiger partial charge is 0.379 e. The molecule has 7 heteroatoms. The highest BCUT2D eigenvalue weighted by molar-refractivity contribution is 7.12. The lowest BCUT2D eigenvalue weighted by Crippen LogP contribution is -2.46. The number of benzene rings is 1. The van der Waals surface area contributed by atoms with E-state index in [1.165, 1.54) is 15.8 Å². The van der Waals surface area contributed by atoms with E-state index in [2.05, 4.69) is 39.6 Å². The van der Waals surface area contributed by atoms with Crippen LogP contribution in [0.1, 0.15) is 33.7 Å². The maximum Gasteiger partial charge on any atom is 0.191 e. The molecular weight excluding hydrogens is 387 g/mol. The van der Waals surface area contributed by atoms with Crippen LogP contribution in [0, 0.1) is 12.7 Å². The van der Waals surface area contributed by atoms with Crippen LogP contribution < -0.4 is 10.6 Å². The zero-order valence-electron chi connectivity index (χ0n) is 17.0. The van der Waals surface area contributed by atoms with Gasteiger partial charge in [-0.15, -0.1) is 11.3 Å². The van der Waals surface area contributed by atoms with Gasteiger partial charge in [-0.1, -0.05) is 18.2 Å². The Morgan fingerprint density at radius 3 is 2.76 bits per heavy atom. The van der Waals surface area contributed by atoms with Gasteiger partial charge in [0.05, 0.1) is 19.3 Å². The highest BCUT2D eigenvalue weighted by atomic mass is 32.1. The maximum absolute atomic E-state index is 14.0. The van der Waals surface area contributed by atoms with Gasteiger partial charge in [-0.2, -0.15) is 0 Å².